The summed E-state index contributed by atoms with van der Waals surface area (Å²) < 4.78 is 1.76. The Balaban J connectivity index is 2.05. The van der Waals surface area contributed by atoms with Crippen LogP contribution >= 0.6 is 0 Å². The van der Waals surface area contributed by atoms with Crippen LogP contribution < -0.4 is 0 Å². The first-order valence-electron chi connectivity index (χ1n) is 6.52. The summed E-state index contributed by atoms with van der Waals surface area (Å²) in [6.45, 7) is 2.66. The van der Waals surface area contributed by atoms with Crippen molar-refractivity contribution < 1.29 is 9.90 Å². The van der Waals surface area contributed by atoms with Crippen LogP contribution in [0.1, 0.15) is 21.6 Å². The molecule has 0 saturated carbocycles. The van der Waals surface area contributed by atoms with Gasteiger partial charge in [-0.15, -0.1) is 0 Å². The minimum absolute atomic E-state index is 0.317. The van der Waals surface area contributed by atoms with Crippen LogP contribution in [0.4, 0.5) is 0 Å². The molecule has 0 aliphatic heterocycles. The van der Waals surface area contributed by atoms with E-state index in [2.05, 4.69) is 31.2 Å². The molecule has 0 aliphatic carbocycles. The number of rotatable bonds is 3. The highest BCUT2D eigenvalue weighted by molar-refractivity contribution is 5.87. The lowest BCUT2D eigenvalue weighted by atomic mass is 10.00. The van der Waals surface area contributed by atoms with Gasteiger partial charge in [0.05, 0.1) is 0 Å². The second-order valence-corrected chi connectivity index (χ2v) is 4.90. The molecule has 1 heterocycles. The van der Waals surface area contributed by atoms with Gasteiger partial charge in [-0.25, -0.2) is 4.79 Å². The summed E-state index contributed by atoms with van der Waals surface area (Å²) in [4.78, 5) is 11.1. The van der Waals surface area contributed by atoms with Gasteiger partial charge in [0.15, 0.2) is 0 Å². The molecule has 2 aromatic carbocycles. The quantitative estimate of drug-likeness (QED) is 0.784. The van der Waals surface area contributed by atoms with Crippen LogP contribution in [0.25, 0.3) is 10.8 Å². The summed E-state index contributed by atoms with van der Waals surface area (Å²) in [5, 5.41) is 11.6. The monoisotopic (exact) mass is 265 g/mol. The molecule has 0 amide bonds. The van der Waals surface area contributed by atoms with Gasteiger partial charge in [0, 0.05) is 12.7 Å². The molecule has 0 atom stereocenters. The topological polar surface area (TPSA) is 42.2 Å². The summed E-state index contributed by atoms with van der Waals surface area (Å²) in [6.07, 6.45) is 1.80. The molecule has 0 bridgehead atoms. The van der Waals surface area contributed by atoms with Crippen molar-refractivity contribution >= 4 is 16.7 Å². The Labute approximate surface area is 117 Å². The SMILES string of the molecule is Cc1c(Cn2cccc2C(=O)O)ccc2ccccc12. The highest BCUT2D eigenvalue weighted by Gasteiger charge is 2.10. The van der Waals surface area contributed by atoms with Gasteiger partial charge >= 0.3 is 5.97 Å². The van der Waals surface area contributed by atoms with Crippen LogP contribution in [0.3, 0.4) is 0 Å². The van der Waals surface area contributed by atoms with Gasteiger partial charge in [0.2, 0.25) is 0 Å². The van der Waals surface area contributed by atoms with E-state index in [1.807, 2.05) is 12.1 Å². The smallest absolute Gasteiger partial charge is 0.352 e. The maximum atomic E-state index is 11.1. The number of benzene rings is 2. The molecule has 0 radical (unpaired) electrons. The van der Waals surface area contributed by atoms with Gasteiger partial charge < -0.3 is 9.67 Å². The number of aromatic carboxylic acids is 1. The van der Waals surface area contributed by atoms with E-state index < -0.39 is 5.97 Å². The normalized spacial score (nSPS) is 10.8. The predicted octanol–water partition coefficient (Wildman–Crippen LogP) is 3.70. The average molecular weight is 265 g/mol. The van der Waals surface area contributed by atoms with Crippen molar-refractivity contribution in [1.29, 1.82) is 0 Å². The van der Waals surface area contributed by atoms with E-state index in [0.717, 1.165) is 5.56 Å². The molecule has 0 fully saturated rings. The number of fused-ring (bicyclic) bond motifs is 1. The molecule has 20 heavy (non-hydrogen) atoms. The Morgan fingerprint density at radius 3 is 2.70 bits per heavy atom. The third-order valence-electron chi connectivity index (χ3n) is 3.70. The van der Waals surface area contributed by atoms with Gasteiger partial charge in [-0.2, -0.15) is 0 Å². The Morgan fingerprint density at radius 1 is 1.10 bits per heavy atom. The lowest BCUT2D eigenvalue weighted by molar-refractivity contribution is 0.0685. The maximum absolute atomic E-state index is 11.1. The number of hydrogen-bond donors (Lipinski definition) is 1. The van der Waals surface area contributed by atoms with Gasteiger partial charge in [-0.1, -0.05) is 36.4 Å². The third kappa shape index (κ3) is 2.07. The first kappa shape index (κ1) is 12.5. The summed E-state index contributed by atoms with van der Waals surface area (Å²) in [6, 6.07) is 15.8. The van der Waals surface area contributed by atoms with Crippen LogP contribution in [0.2, 0.25) is 0 Å². The van der Waals surface area contributed by atoms with Gasteiger partial charge in [0.25, 0.3) is 0 Å². The molecular weight excluding hydrogens is 250 g/mol. The number of carbonyl (C=O) groups is 1. The zero-order chi connectivity index (χ0) is 14.1. The molecule has 1 aromatic heterocycles. The number of aryl methyl sites for hydroxylation is 1. The van der Waals surface area contributed by atoms with E-state index in [4.69, 9.17) is 5.11 Å². The minimum Gasteiger partial charge on any atom is -0.477 e. The molecule has 1 N–H and O–H groups in total. The fourth-order valence-electron chi connectivity index (χ4n) is 2.57. The Hall–Kier alpha value is -2.55. The molecule has 0 unspecified atom stereocenters. The van der Waals surface area contributed by atoms with Crippen LogP contribution in [0.15, 0.2) is 54.7 Å². The van der Waals surface area contributed by atoms with Gasteiger partial charge in [-0.3, -0.25) is 0 Å². The van der Waals surface area contributed by atoms with Gasteiger partial charge in [0.1, 0.15) is 5.69 Å². The third-order valence-corrected chi connectivity index (χ3v) is 3.70. The second-order valence-electron chi connectivity index (χ2n) is 4.90. The molecule has 3 rings (SSSR count). The summed E-state index contributed by atoms with van der Waals surface area (Å²) in [5.41, 5.74) is 2.66. The molecule has 3 heteroatoms. The number of carboxylic acids is 1. The van der Waals surface area contributed by atoms with Crippen molar-refractivity contribution in [1.82, 2.24) is 4.57 Å². The zero-order valence-corrected chi connectivity index (χ0v) is 11.2. The number of carboxylic acid groups (broad SMARTS) is 1. The Morgan fingerprint density at radius 2 is 1.90 bits per heavy atom. The van der Waals surface area contributed by atoms with Gasteiger partial charge in [-0.05, 0) is 41.0 Å². The first-order valence-corrected chi connectivity index (χ1v) is 6.52. The Bertz CT molecular complexity index is 787. The fourth-order valence-corrected chi connectivity index (χ4v) is 2.57. The van der Waals surface area contributed by atoms with E-state index in [1.165, 1.54) is 16.3 Å². The van der Waals surface area contributed by atoms with Crippen LogP contribution in [-0.4, -0.2) is 15.6 Å². The lowest BCUT2D eigenvalue weighted by Gasteiger charge is -2.12. The molecule has 100 valence electrons. The van der Waals surface area contributed by atoms with E-state index in [0.29, 0.717) is 12.2 Å². The summed E-state index contributed by atoms with van der Waals surface area (Å²) in [7, 11) is 0. The van der Waals surface area contributed by atoms with Crippen molar-refractivity contribution in [2.45, 2.75) is 13.5 Å². The average Bonchev–Trinajstić information content (AvgIpc) is 2.91. The highest BCUT2D eigenvalue weighted by atomic mass is 16.4. The van der Waals surface area contributed by atoms with Crippen LogP contribution in [0.5, 0.6) is 0 Å². The van der Waals surface area contributed by atoms with E-state index in [-0.39, 0.29) is 0 Å². The molecule has 0 saturated heterocycles. The predicted molar refractivity (Wildman–Crippen MR) is 79.2 cm³/mol. The van der Waals surface area contributed by atoms with Crippen molar-refractivity contribution in [3.05, 3.63) is 71.5 Å². The Kier molecular flexibility index (Phi) is 3.03. The van der Waals surface area contributed by atoms with E-state index >= 15 is 0 Å². The molecule has 0 aliphatic rings. The number of hydrogen-bond acceptors (Lipinski definition) is 1. The van der Waals surface area contributed by atoms with Crippen molar-refractivity contribution in [2.75, 3.05) is 0 Å². The zero-order valence-electron chi connectivity index (χ0n) is 11.2. The largest absolute Gasteiger partial charge is 0.477 e. The number of nitrogens with zero attached hydrogens (tertiary/aromatic N) is 1. The first-order chi connectivity index (χ1) is 9.66. The molecular formula is C17H15NO2. The summed E-state index contributed by atoms with van der Waals surface area (Å²) >= 11 is 0. The number of aromatic nitrogens is 1. The molecule has 3 aromatic rings. The molecule has 0 spiro atoms. The van der Waals surface area contributed by atoms with Crippen LogP contribution in [0, 0.1) is 6.92 Å². The van der Waals surface area contributed by atoms with Crippen molar-refractivity contribution in [3.8, 4) is 0 Å². The maximum Gasteiger partial charge on any atom is 0.352 e. The second kappa shape index (κ2) is 4.85. The lowest BCUT2D eigenvalue weighted by Crippen LogP contribution is -2.09. The standard InChI is InChI=1S/C17H15NO2/c1-12-14(9-8-13-5-2-3-6-15(12)13)11-18-10-4-7-16(18)17(19)20/h2-10H,11H2,1H3,(H,19,20). The van der Waals surface area contributed by atoms with E-state index in [1.54, 1.807) is 22.9 Å². The summed E-state index contributed by atoms with van der Waals surface area (Å²) in [5.74, 6) is -0.895. The highest BCUT2D eigenvalue weighted by Crippen LogP contribution is 2.22. The minimum atomic E-state index is -0.895. The van der Waals surface area contributed by atoms with Crippen molar-refractivity contribution in [3.63, 3.8) is 0 Å². The van der Waals surface area contributed by atoms with E-state index in [9.17, 15) is 4.79 Å². The van der Waals surface area contributed by atoms with Crippen LogP contribution in [-0.2, 0) is 6.54 Å². The fraction of sp³-hybridized carbons (Fsp3) is 0.118. The molecule has 3 nitrogen and oxygen atoms in total. The van der Waals surface area contributed by atoms with Crippen molar-refractivity contribution in [2.24, 2.45) is 0 Å².